The minimum Gasteiger partial charge on any atom is -0.389 e. The molecule has 2 aromatic carbocycles. The van der Waals surface area contributed by atoms with Crippen molar-refractivity contribution in [2.45, 2.75) is 6.54 Å². The average Bonchev–Trinajstić information content (AvgIpc) is 2.39. The lowest BCUT2D eigenvalue weighted by molar-refractivity contribution is 1.14. The van der Waals surface area contributed by atoms with Gasteiger partial charge in [-0.15, -0.1) is 0 Å². The molecule has 0 heterocycles. The lowest BCUT2D eigenvalue weighted by atomic mass is 10.2. The minimum absolute atomic E-state index is 0.347. The Labute approximate surface area is 131 Å². The molecule has 0 atom stereocenters. The second-order valence-corrected chi connectivity index (χ2v) is 5.71. The number of thiocarbonyl (C=S) groups is 1. The Hall–Kier alpha value is -1.10. The molecular formula is C14H12BrClN2S. The summed E-state index contributed by atoms with van der Waals surface area (Å²) in [5.41, 5.74) is 8.36. The molecule has 0 aliphatic heterocycles. The van der Waals surface area contributed by atoms with Gasteiger partial charge in [-0.25, -0.2) is 0 Å². The summed E-state index contributed by atoms with van der Waals surface area (Å²) in [6, 6.07) is 13.6. The van der Waals surface area contributed by atoms with E-state index in [9.17, 15) is 0 Å². The monoisotopic (exact) mass is 354 g/mol. The van der Waals surface area contributed by atoms with Crippen LogP contribution in [0.1, 0.15) is 11.1 Å². The molecule has 2 aromatic rings. The molecule has 98 valence electrons. The van der Waals surface area contributed by atoms with Gasteiger partial charge >= 0.3 is 0 Å². The Morgan fingerprint density at radius 3 is 2.63 bits per heavy atom. The van der Waals surface area contributed by atoms with E-state index in [1.54, 1.807) is 6.07 Å². The van der Waals surface area contributed by atoms with Crippen LogP contribution in [-0.4, -0.2) is 4.99 Å². The Bertz CT molecular complexity index is 616. The number of nitrogens with two attached hydrogens (primary N) is 1. The van der Waals surface area contributed by atoms with E-state index in [0.717, 1.165) is 21.3 Å². The largest absolute Gasteiger partial charge is 0.389 e. The molecule has 0 saturated carbocycles. The van der Waals surface area contributed by atoms with E-state index in [0.29, 0.717) is 16.6 Å². The molecule has 2 rings (SSSR count). The number of anilines is 1. The van der Waals surface area contributed by atoms with Gasteiger partial charge in [-0.2, -0.15) is 0 Å². The highest BCUT2D eigenvalue weighted by molar-refractivity contribution is 9.10. The summed E-state index contributed by atoms with van der Waals surface area (Å²) >= 11 is 14.6. The zero-order chi connectivity index (χ0) is 13.8. The zero-order valence-corrected chi connectivity index (χ0v) is 13.1. The molecule has 5 heteroatoms. The molecule has 0 aromatic heterocycles. The van der Waals surface area contributed by atoms with E-state index < -0.39 is 0 Å². The number of halogens is 2. The first-order valence-corrected chi connectivity index (χ1v) is 7.22. The molecule has 0 radical (unpaired) electrons. The van der Waals surface area contributed by atoms with Crippen molar-refractivity contribution in [3.8, 4) is 0 Å². The van der Waals surface area contributed by atoms with Gasteiger partial charge in [0.2, 0.25) is 0 Å². The van der Waals surface area contributed by atoms with E-state index in [4.69, 9.17) is 29.6 Å². The van der Waals surface area contributed by atoms with Crippen LogP contribution in [0.3, 0.4) is 0 Å². The summed E-state index contributed by atoms with van der Waals surface area (Å²) < 4.78 is 1.07. The van der Waals surface area contributed by atoms with Crippen molar-refractivity contribution in [3.05, 3.63) is 63.1 Å². The van der Waals surface area contributed by atoms with E-state index in [1.807, 2.05) is 36.4 Å². The Kier molecular flexibility index (Phi) is 4.80. The van der Waals surface area contributed by atoms with E-state index >= 15 is 0 Å². The third-order valence-corrected chi connectivity index (χ3v) is 4.00. The quantitative estimate of drug-likeness (QED) is 0.801. The Balaban J connectivity index is 2.12. The van der Waals surface area contributed by atoms with Crippen LogP contribution in [0.25, 0.3) is 0 Å². The summed E-state index contributed by atoms with van der Waals surface area (Å²) in [7, 11) is 0. The van der Waals surface area contributed by atoms with E-state index in [2.05, 4.69) is 21.2 Å². The van der Waals surface area contributed by atoms with E-state index in [-0.39, 0.29) is 0 Å². The molecule has 0 amide bonds. The maximum absolute atomic E-state index is 6.19. The van der Waals surface area contributed by atoms with Gasteiger partial charge in [0.05, 0.1) is 10.7 Å². The highest BCUT2D eigenvalue weighted by Crippen LogP contribution is 2.25. The number of nitrogens with one attached hydrogen (secondary N) is 1. The number of benzene rings is 2. The van der Waals surface area contributed by atoms with Crippen LogP contribution in [0.4, 0.5) is 5.69 Å². The second-order valence-electron chi connectivity index (χ2n) is 4.00. The summed E-state index contributed by atoms with van der Waals surface area (Å²) in [4.78, 5) is 0.347. The van der Waals surface area contributed by atoms with Gasteiger partial charge in [-0.3, -0.25) is 0 Å². The van der Waals surface area contributed by atoms with Crippen molar-refractivity contribution in [1.82, 2.24) is 0 Å². The zero-order valence-electron chi connectivity index (χ0n) is 9.99. The molecule has 0 aliphatic carbocycles. The lowest BCUT2D eigenvalue weighted by Crippen LogP contribution is -2.09. The maximum Gasteiger partial charge on any atom is 0.104 e. The number of rotatable bonds is 4. The number of hydrogen-bond donors (Lipinski definition) is 2. The maximum atomic E-state index is 6.19. The van der Waals surface area contributed by atoms with Gasteiger partial charge in [0.25, 0.3) is 0 Å². The van der Waals surface area contributed by atoms with Crippen molar-refractivity contribution in [2.75, 3.05) is 5.32 Å². The smallest absolute Gasteiger partial charge is 0.104 e. The predicted octanol–water partition coefficient (Wildman–Crippen LogP) is 4.35. The molecular weight excluding hydrogens is 344 g/mol. The van der Waals surface area contributed by atoms with Crippen molar-refractivity contribution >= 4 is 50.4 Å². The van der Waals surface area contributed by atoms with Crippen LogP contribution in [0, 0.1) is 0 Å². The van der Waals surface area contributed by atoms with Crippen LogP contribution >= 0.6 is 39.7 Å². The fraction of sp³-hybridized carbons (Fsp3) is 0.0714. The standard InChI is InChI=1S/C14H12BrClN2S/c15-11-4-2-1-3-10(11)8-18-13-6-5-9(14(17)19)7-12(13)16/h1-7,18H,8H2,(H2,17,19). The third kappa shape index (κ3) is 3.69. The average molecular weight is 356 g/mol. The fourth-order valence-corrected chi connectivity index (χ4v) is 2.44. The van der Waals surface area contributed by atoms with Gasteiger partial charge in [0.1, 0.15) is 4.99 Å². The van der Waals surface area contributed by atoms with Crippen LogP contribution in [-0.2, 0) is 6.54 Å². The Morgan fingerprint density at radius 1 is 1.26 bits per heavy atom. The van der Waals surface area contributed by atoms with Crippen LogP contribution in [0.5, 0.6) is 0 Å². The SMILES string of the molecule is NC(=S)c1ccc(NCc2ccccc2Br)c(Cl)c1. The van der Waals surface area contributed by atoms with Crippen LogP contribution in [0.15, 0.2) is 46.9 Å². The molecule has 2 nitrogen and oxygen atoms in total. The number of hydrogen-bond acceptors (Lipinski definition) is 2. The van der Waals surface area contributed by atoms with E-state index in [1.165, 1.54) is 0 Å². The molecule has 0 fully saturated rings. The predicted molar refractivity (Wildman–Crippen MR) is 88.8 cm³/mol. The molecule has 0 aliphatic rings. The summed E-state index contributed by atoms with van der Waals surface area (Å²) in [6.45, 7) is 0.688. The van der Waals surface area contributed by atoms with Crippen LogP contribution in [0.2, 0.25) is 5.02 Å². The van der Waals surface area contributed by atoms with Crippen molar-refractivity contribution in [3.63, 3.8) is 0 Å². The second kappa shape index (κ2) is 6.37. The fourth-order valence-electron chi connectivity index (χ4n) is 1.64. The highest BCUT2D eigenvalue weighted by atomic mass is 79.9. The Morgan fingerprint density at radius 2 is 2.00 bits per heavy atom. The normalized spacial score (nSPS) is 10.2. The van der Waals surface area contributed by atoms with Gasteiger partial charge in [0, 0.05) is 16.6 Å². The summed E-state index contributed by atoms with van der Waals surface area (Å²) in [5.74, 6) is 0. The molecule has 0 saturated heterocycles. The van der Waals surface area contributed by atoms with Crippen molar-refractivity contribution in [1.29, 1.82) is 0 Å². The molecule has 0 bridgehead atoms. The molecule has 19 heavy (non-hydrogen) atoms. The minimum atomic E-state index is 0.347. The van der Waals surface area contributed by atoms with Gasteiger partial charge in [0.15, 0.2) is 0 Å². The van der Waals surface area contributed by atoms with Gasteiger partial charge < -0.3 is 11.1 Å². The first kappa shape index (κ1) is 14.3. The summed E-state index contributed by atoms with van der Waals surface area (Å²) in [6.07, 6.45) is 0. The molecule has 0 spiro atoms. The van der Waals surface area contributed by atoms with Crippen molar-refractivity contribution < 1.29 is 0 Å². The highest BCUT2D eigenvalue weighted by Gasteiger charge is 2.04. The first-order valence-electron chi connectivity index (χ1n) is 5.64. The molecule has 0 unspecified atom stereocenters. The molecule has 3 N–H and O–H groups in total. The summed E-state index contributed by atoms with van der Waals surface area (Å²) in [5, 5.41) is 3.90. The third-order valence-electron chi connectivity index (χ3n) is 2.68. The van der Waals surface area contributed by atoms with Gasteiger partial charge in [-0.05, 0) is 29.8 Å². The van der Waals surface area contributed by atoms with Crippen molar-refractivity contribution in [2.24, 2.45) is 5.73 Å². The first-order chi connectivity index (χ1) is 9.08. The lowest BCUT2D eigenvalue weighted by Gasteiger charge is -2.10. The van der Waals surface area contributed by atoms with Gasteiger partial charge in [-0.1, -0.05) is 57.9 Å². The van der Waals surface area contributed by atoms with Crippen LogP contribution < -0.4 is 11.1 Å². The topological polar surface area (TPSA) is 38.0 Å².